The Hall–Kier alpha value is -2.13. The van der Waals surface area contributed by atoms with Gasteiger partial charge in [0.25, 0.3) is 5.91 Å². The minimum absolute atomic E-state index is 0.102. The predicted molar refractivity (Wildman–Crippen MR) is 96.6 cm³/mol. The highest BCUT2D eigenvalue weighted by Crippen LogP contribution is 2.17. The van der Waals surface area contributed by atoms with Crippen molar-refractivity contribution in [2.45, 2.75) is 19.5 Å². The van der Waals surface area contributed by atoms with E-state index in [4.69, 9.17) is 0 Å². The van der Waals surface area contributed by atoms with Crippen LogP contribution >= 0.6 is 0 Å². The van der Waals surface area contributed by atoms with Crippen LogP contribution in [0.2, 0.25) is 0 Å². The Morgan fingerprint density at radius 1 is 1.11 bits per heavy atom. The zero-order valence-electron chi connectivity index (χ0n) is 15.3. The lowest BCUT2D eigenvalue weighted by molar-refractivity contribution is -0.145. The normalized spacial score (nSPS) is 16.6. The van der Waals surface area contributed by atoms with Crippen molar-refractivity contribution in [3.05, 3.63) is 29.8 Å². The number of rotatable bonds is 6. The number of carbonyl (C=O) groups is 2. The first kappa shape index (κ1) is 21.2. The monoisotopic (exact) mass is 386 g/mol. The van der Waals surface area contributed by atoms with Gasteiger partial charge in [0.1, 0.15) is 0 Å². The number of hydrogen-bond acceptors (Lipinski definition) is 4. The van der Waals surface area contributed by atoms with Gasteiger partial charge >= 0.3 is 6.18 Å². The highest BCUT2D eigenvalue weighted by molar-refractivity contribution is 5.97. The third kappa shape index (κ3) is 7.56. The molecular weight excluding hydrogens is 361 g/mol. The van der Waals surface area contributed by atoms with Crippen LogP contribution in [0.1, 0.15) is 23.7 Å². The SMILES string of the molecule is CCNC(=O)c1cccc(NC(=O)CN2CCCN(CC(F)(F)F)CC2)c1. The molecule has 0 unspecified atom stereocenters. The van der Waals surface area contributed by atoms with Crippen LogP contribution in [0.5, 0.6) is 0 Å². The molecule has 2 amide bonds. The summed E-state index contributed by atoms with van der Waals surface area (Å²) in [4.78, 5) is 27.3. The minimum Gasteiger partial charge on any atom is -0.352 e. The summed E-state index contributed by atoms with van der Waals surface area (Å²) in [6, 6.07) is 6.62. The van der Waals surface area contributed by atoms with E-state index in [0.29, 0.717) is 43.9 Å². The maximum Gasteiger partial charge on any atom is 0.401 e. The van der Waals surface area contributed by atoms with Gasteiger partial charge in [-0.2, -0.15) is 13.2 Å². The molecule has 1 aliphatic heterocycles. The summed E-state index contributed by atoms with van der Waals surface area (Å²) in [5, 5.41) is 5.43. The van der Waals surface area contributed by atoms with E-state index in [1.54, 1.807) is 24.3 Å². The second-order valence-electron chi connectivity index (χ2n) is 6.51. The van der Waals surface area contributed by atoms with Gasteiger partial charge in [-0.1, -0.05) is 6.07 Å². The summed E-state index contributed by atoms with van der Waals surface area (Å²) in [6.45, 7) is 3.13. The fourth-order valence-electron chi connectivity index (χ4n) is 3.00. The van der Waals surface area contributed by atoms with Gasteiger partial charge in [0.05, 0.1) is 13.1 Å². The van der Waals surface area contributed by atoms with Crippen LogP contribution in [0.4, 0.5) is 18.9 Å². The first-order valence-corrected chi connectivity index (χ1v) is 8.96. The van der Waals surface area contributed by atoms with E-state index >= 15 is 0 Å². The van der Waals surface area contributed by atoms with Gasteiger partial charge in [0.2, 0.25) is 5.91 Å². The molecule has 9 heteroatoms. The molecule has 1 aliphatic rings. The van der Waals surface area contributed by atoms with Crippen LogP contribution < -0.4 is 10.6 Å². The molecule has 27 heavy (non-hydrogen) atoms. The Morgan fingerprint density at radius 2 is 1.81 bits per heavy atom. The molecule has 1 saturated heterocycles. The quantitative estimate of drug-likeness (QED) is 0.784. The number of anilines is 1. The molecule has 1 aromatic carbocycles. The maximum atomic E-state index is 12.5. The average Bonchev–Trinajstić information content (AvgIpc) is 2.79. The number of nitrogens with zero attached hydrogens (tertiary/aromatic N) is 2. The molecule has 0 bridgehead atoms. The predicted octanol–water partition coefficient (Wildman–Crippen LogP) is 1.94. The second-order valence-corrected chi connectivity index (χ2v) is 6.51. The first-order valence-electron chi connectivity index (χ1n) is 8.96. The summed E-state index contributed by atoms with van der Waals surface area (Å²) in [5.41, 5.74) is 0.962. The number of benzene rings is 1. The molecule has 2 rings (SSSR count). The van der Waals surface area contributed by atoms with Crippen LogP contribution in [-0.4, -0.2) is 73.6 Å². The standard InChI is InChI=1S/C18H25F3N4O2/c1-2-22-17(27)14-5-3-6-15(11-14)23-16(26)12-24-7-4-8-25(10-9-24)13-18(19,20)21/h3,5-6,11H,2,4,7-10,12-13H2,1H3,(H,22,27)(H,23,26). The number of halogens is 3. The van der Waals surface area contributed by atoms with E-state index in [0.717, 1.165) is 0 Å². The average molecular weight is 386 g/mol. The Balaban J connectivity index is 1.85. The molecule has 0 aromatic heterocycles. The number of amides is 2. The Kier molecular flexibility index (Phi) is 7.61. The van der Waals surface area contributed by atoms with Crippen molar-refractivity contribution in [2.24, 2.45) is 0 Å². The first-order chi connectivity index (χ1) is 12.8. The van der Waals surface area contributed by atoms with Crippen LogP contribution in [0.3, 0.4) is 0 Å². The summed E-state index contributed by atoms with van der Waals surface area (Å²) in [7, 11) is 0. The zero-order chi connectivity index (χ0) is 19.9. The van der Waals surface area contributed by atoms with Gasteiger partial charge in [-0.25, -0.2) is 0 Å². The fraction of sp³-hybridized carbons (Fsp3) is 0.556. The van der Waals surface area contributed by atoms with Crippen LogP contribution in [0.25, 0.3) is 0 Å². The van der Waals surface area contributed by atoms with E-state index in [-0.39, 0.29) is 24.9 Å². The topological polar surface area (TPSA) is 64.7 Å². The van der Waals surface area contributed by atoms with Crippen molar-refractivity contribution < 1.29 is 22.8 Å². The van der Waals surface area contributed by atoms with E-state index < -0.39 is 12.7 Å². The molecule has 0 saturated carbocycles. The summed E-state index contributed by atoms with van der Waals surface area (Å²) < 4.78 is 37.5. The van der Waals surface area contributed by atoms with E-state index in [1.807, 2.05) is 11.8 Å². The number of hydrogen-bond donors (Lipinski definition) is 2. The molecule has 150 valence electrons. The number of carbonyl (C=O) groups excluding carboxylic acids is 2. The lowest BCUT2D eigenvalue weighted by Gasteiger charge is -2.22. The summed E-state index contributed by atoms with van der Waals surface area (Å²) in [6.07, 6.45) is -3.63. The van der Waals surface area contributed by atoms with Crippen LogP contribution in [0, 0.1) is 0 Å². The molecule has 1 heterocycles. The van der Waals surface area contributed by atoms with E-state index in [2.05, 4.69) is 10.6 Å². The van der Waals surface area contributed by atoms with E-state index in [9.17, 15) is 22.8 Å². The molecular formula is C18H25F3N4O2. The molecule has 0 aliphatic carbocycles. The van der Waals surface area contributed by atoms with Crippen molar-refractivity contribution in [3.8, 4) is 0 Å². The molecule has 0 atom stereocenters. The highest BCUT2D eigenvalue weighted by atomic mass is 19.4. The van der Waals surface area contributed by atoms with Crippen molar-refractivity contribution in [2.75, 3.05) is 51.1 Å². The van der Waals surface area contributed by atoms with Gasteiger partial charge in [0, 0.05) is 30.9 Å². The van der Waals surface area contributed by atoms with Crippen molar-refractivity contribution in [3.63, 3.8) is 0 Å². The lowest BCUT2D eigenvalue weighted by Crippen LogP contribution is -2.39. The largest absolute Gasteiger partial charge is 0.401 e. The molecule has 6 nitrogen and oxygen atoms in total. The molecule has 0 spiro atoms. The second kappa shape index (κ2) is 9.70. The summed E-state index contributed by atoms with van der Waals surface area (Å²) in [5.74, 6) is -0.474. The van der Waals surface area contributed by atoms with Crippen LogP contribution in [-0.2, 0) is 4.79 Å². The fourth-order valence-corrected chi connectivity index (χ4v) is 3.00. The maximum absolute atomic E-state index is 12.5. The Morgan fingerprint density at radius 3 is 2.52 bits per heavy atom. The third-order valence-electron chi connectivity index (χ3n) is 4.20. The van der Waals surface area contributed by atoms with Crippen molar-refractivity contribution in [1.29, 1.82) is 0 Å². The van der Waals surface area contributed by atoms with Crippen molar-refractivity contribution in [1.82, 2.24) is 15.1 Å². The summed E-state index contributed by atoms with van der Waals surface area (Å²) >= 11 is 0. The minimum atomic E-state index is -4.21. The highest BCUT2D eigenvalue weighted by Gasteiger charge is 2.31. The Bertz CT molecular complexity index is 652. The number of nitrogens with one attached hydrogen (secondary N) is 2. The molecule has 2 N–H and O–H groups in total. The van der Waals surface area contributed by atoms with Crippen molar-refractivity contribution >= 4 is 17.5 Å². The van der Waals surface area contributed by atoms with Gasteiger partial charge in [0.15, 0.2) is 0 Å². The smallest absolute Gasteiger partial charge is 0.352 e. The third-order valence-corrected chi connectivity index (χ3v) is 4.20. The number of alkyl halides is 3. The van der Waals surface area contributed by atoms with Gasteiger partial charge < -0.3 is 10.6 Å². The lowest BCUT2D eigenvalue weighted by atomic mass is 10.2. The van der Waals surface area contributed by atoms with Crippen LogP contribution in [0.15, 0.2) is 24.3 Å². The molecule has 1 aromatic rings. The van der Waals surface area contributed by atoms with Gasteiger partial charge in [-0.05, 0) is 44.6 Å². The van der Waals surface area contributed by atoms with Gasteiger partial charge in [-0.3, -0.25) is 19.4 Å². The molecule has 1 fully saturated rings. The Labute approximate surface area is 156 Å². The van der Waals surface area contributed by atoms with Gasteiger partial charge in [-0.15, -0.1) is 0 Å². The van der Waals surface area contributed by atoms with E-state index in [1.165, 1.54) is 4.90 Å². The zero-order valence-corrected chi connectivity index (χ0v) is 15.3. The molecule has 0 radical (unpaired) electrons.